The number of rotatable bonds is 5. The van der Waals surface area contributed by atoms with E-state index >= 15 is 4.39 Å². The van der Waals surface area contributed by atoms with Gasteiger partial charge < -0.3 is 4.57 Å². The highest BCUT2D eigenvalue weighted by atomic mass is 35.5. The molecule has 0 radical (unpaired) electrons. The fourth-order valence-corrected chi connectivity index (χ4v) is 4.84. The molecule has 1 aliphatic rings. The van der Waals surface area contributed by atoms with E-state index in [2.05, 4.69) is 15.1 Å². The van der Waals surface area contributed by atoms with Gasteiger partial charge >= 0.3 is 6.18 Å². The zero-order valence-corrected chi connectivity index (χ0v) is 23.1. The Balaban J connectivity index is 0.00000172. The molecular formula is C27H30ClF4N7. The van der Waals surface area contributed by atoms with Crippen molar-refractivity contribution in [1.82, 2.24) is 29.1 Å². The van der Waals surface area contributed by atoms with Gasteiger partial charge in [-0.15, -0.1) is 0 Å². The summed E-state index contributed by atoms with van der Waals surface area (Å²) >= 11 is 6.80. The van der Waals surface area contributed by atoms with Crippen molar-refractivity contribution in [3.63, 3.8) is 0 Å². The van der Waals surface area contributed by atoms with Gasteiger partial charge in [0.25, 0.3) is 0 Å². The summed E-state index contributed by atoms with van der Waals surface area (Å²) in [5, 5.41) is 9.52. The summed E-state index contributed by atoms with van der Waals surface area (Å²) in [7, 11) is 0. The molecule has 7 nitrogen and oxygen atoms in total. The van der Waals surface area contributed by atoms with Gasteiger partial charge in [-0.2, -0.15) is 23.4 Å². The van der Waals surface area contributed by atoms with Crippen molar-refractivity contribution >= 4 is 23.0 Å². The van der Waals surface area contributed by atoms with Crippen molar-refractivity contribution in [2.75, 3.05) is 0 Å². The monoisotopic (exact) mass is 563 g/mol. The average molecular weight is 564 g/mol. The Bertz CT molecular complexity index is 1490. The van der Waals surface area contributed by atoms with Crippen molar-refractivity contribution in [2.45, 2.75) is 72.8 Å². The number of hydrogen-bond acceptors (Lipinski definition) is 4. The van der Waals surface area contributed by atoms with Gasteiger partial charge in [0.1, 0.15) is 23.0 Å². The molecule has 12 heteroatoms. The van der Waals surface area contributed by atoms with E-state index in [1.165, 1.54) is 16.7 Å². The molecule has 0 unspecified atom stereocenters. The summed E-state index contributed by atoms with van der Waals surface area (Å²) in [5.41, 5.74) is 1.95. The normalized spacial score (nSPS) is 14.5. The maximum Gasteiger partial charge on any atom is 0.434 e. The molecule has 1 aromatic carbocycles. The number of halogens is 5. The molecule has 0 fully saturated rings. The molecule has 39 heavy (non-hydrogen) atoms. The minimum atomic E-state index is -4.62. The van der Waals surface area contributed by atoms with E-state index in [0.29, 0.717) is 40.8 Å². The van der Waals surface area contributed by atoms with Crippen LogP contribution in [-0.4, -0.2) is 34.8 Å². The van der Waals surface area contributed by atoms with Crippen molar-refractivity contribution in [3.05, 3.63) is 58.9 Å². The van der Waals surface area contributed by atoms with E-state index in [-0.39, 0.29) is 24.0 Å². The Kier molecular flexibility index (Phi) is 8.29. The first-order valence-electron chi connectivity index (χ1n) is 12.9. The predicted molar refractivity (Wildman–Crippen MR) is 144 cm³/mol. The van der Waals surface area contributed by atoms with E-state index in [9.17, 15) is 13.2 Å². The molecular weight excluding hydrogens is 534 g/mol. The Hall–Kier alpha value is -3.47. The van der Waals surface area contributed by atoms with Crippen LogP contribution in [0, 0.1) is 5.82 Å². The molecule has 4 aromatic rings. The lowest BCUT2D eigenvalue weighted by atomic mass is 10.1. The summed E-state index contributed by atoms with van der Waals surface area (Å²) in [6, 6.07) is 6.13. The lowest BCUT2D eigenvalue weighted by molar-refractivity contribution is -0.140. The molecule has 0 aliphatic carbocycles. The molecule has 0 spiro atoms. The first kappa shape index (κ1) is 28.5. The van der Waals surface area contributed by atoms with Crippen LogP contribution in [0.5, 0.6) is 0 Å². The fraction of sp³-hybridized carbons (Fsp3) is 0.407. The Morgan fingerprint density at radius 1 is 1.15 bits per heavy atom. The highest BCUT2D eigenvalue weighted by Crippen LogP contribution is 2.36. The molecule has 0 saturated heterocycles. The van der Waals surface area contributed by atoms with Crippen LogP contribution < -0.4 is 0 Å². The van der Waals surface area contributed by atoms with Crippen molar-refractivity contribution in [1.29, 1.82) is 0 Å². The number of nitrogens with zero attached hydrogens (tertiary/aromatic N) is 7. The zero-order chi connectivity index (χ0) is 28.5. The Morgan fingerprint density at radius 3 is 2.54 bits per heavy atom. The van der Waals surface area contributed by atoms with Crippen molar-refractivity contribution < 1.29 is 17.6 Å². The lowest BCUT2D eigenvalue weighted by Gasteiger charge is -2.16. The third kappa shape index (κ3) is 5.50. The SMILES string of the molecule is CC.CCn1cc(C(F)(F)F)nc1-c1ccc(N=C2CCCn3nc(-c4ccnn4C(C)C)c(Cl)c32)cc1F. The second-order valence-electron chi connectivity index (χ2n) is 9.05. The minimum Gasteiger partial charge on any atom is -0.331 e. The maximum absolute atomic E-state index is 15.1. The van der Waals surface area contributed by atoms with Gasteiger partial charge in [-0.3, -0.25) is 14.4 Å². The molecule has 0 bridgehead atoms. The van der Waals surface area contributed by atoms with Crippen molar-refractivity contribution in [2.24, 2.45) is 4.99 Å². The highest BCUT2D eigenvalue weighted by molar-refractivity contribution is 6.36. The topological polar surface area (TPSA) is 65.8 Å². The summed E-state index contributed by atoms with van der Waals surface area (Å²) in [5.74, 6) is -0.801. The Morgan fingerprint density at radius 2 is 1.90 bits per heavy atom. The molecule has 0 N–H and O–H groups in total. The van der Waals surface area contributed by atoms with Crippen LogP contribution in [-0.2, 0) is 19.3 Å². The van der Waals surface area contributed by atoms with Gasteiger partial charge in [0.05, 0.1) is 27.7 Å². The quantitative estimate of drug-likeness (QED) is 0.231. The number of benzene rings is 1. The molecule has 0 atom stereocenters. The predicted octanol–water partition coefficient (Wildman–Crippen LogP) is 7.96. The minimum absolute atomic E-state index is 0.0303. The van der Waals surface area contributed by atoms with Gasteiger partial charge in [0, 0.05) is 37.6 Å². The number of aliphatic imine (C=N–C) groups is 1. The van der Waals surface area contributed by atoms with Gasteiger partial charge in [0.2, 0.25) is 0 Å². The fourth-order valence-electron chi connectivity index (χ4n) is 4.50. The van der Waals surface area contributed by atoms with Crippen LogP contribution >= 0.6 is 11.6 Å². The third-order valence-corrected chi connectivity index (χ3v) is 6.58. The number of imidazole rings is 1. The van der Waals surface area contributed by atoms with Crippen LogP contribution in [0.15, 0.2) is 41.7 Å². The zero-order valence-electron chi connectivity index (χ0n) is 22.4. The number of alkyl halides is 3. The lowest BCUT2D eigenvalue weighted by Crippen LogP contribution is -2.18. The molecule has 0 saturated carbocycles. The van der Waals surface area contributed by atoms with Gasteiger partial charge in [-0.25, -0.2) is 9.37 Å². The van der Waals surface area contributed by atoms with Crippen LogP contribution in [0.3, 0.4) is 0 Å². The highest BCUT2D eigenvalue weighted by Gasteiger charge is 2.35. The smallest absolute Gasteiger partial charge is 0.331 e. The van der Waals surface area contributed by atoms with Gasteiger partial charge in [-0.05, 0) is 51.8 Å². The summed E-state index contributed by atoms with van der Waals surface area (Å²) < 4.78 is 59.5. The molecule has 1 aliphatic heterocycles. The number of aryl methyl sites for hydroxylation is 2. The Labute approximate surface area is 229 Å². The summed E-state index contributed by atoms with van der Waals surface area (Å²) in [4.78, 5) is 8.30. The van der Waals surface area contributed by atoms with E-state index in [0.717, 1.165) is 18.3 Å². The maximum atomic E-state index is 15.1. The van der Waals surface area contributed by atoms with Gasteiger partial charge in [-0.1, -0.05) is 25.4 Å². The number of aromatic nitrogens is 6. The van der Waals surface area contributed by atoms with E-state index in [1.807, 2.05) is 38.4 Å². The van der Waals surface area contributed by atoms with Crippen LogP contribution in [0.2, 0.25) is 5.02 Å². The first-order chi connectivity index (χ1) is 18.6. The molecule has 0 amide bonds. The second kappa shape index (κ2) is 11.3. The molecule has 5 rings (SSSR count). The van der Waals surface area contributed by atoms with E-state index in [4.69, 9.17) is 16.7 Å². The third-order valence-electron chi connectivity index (χ3n) is 6.22. The van der Waals surface area contributed by atoms with E-state index < -0.39 is 17.7 Å². The molecule has 4 heterocycles. The second-order valence-corrected chi connectivity index (χ2v) is 9.43. The van der Waals surface area contributed by atoms with E-state index in [1.54, 1.807) is 23.9 Å². The number of fused-ring (bicyclic) bond motifs is 1. The number of hydrogen-bond donors (Lipinski definition) is 0. The van der Waals surface area contributed by atoms with Crippen LogP contribution in [0.1, 0.15) is 64.9 Å². The van der Waals surface area contributed by atoms with Crippen LogP contribution in [0.25, 0.3) is 22.8 Å². The molecule has 208 valence electrons. The summed E-state index contributed by atoms with van der Waals surface area (Å²) in [6.07, 6.45) is -0.636. The standard InChI is InChI=1S/C25H24ClF4N7.C2H6/c1-4-35-13-20(25(28,29)30)33-24(35)16-8-7-15(12-17(16)27)32-18-6-5-11-36-23(18)21(26)22(34-36)19-9-10-31-37(19)14(2)3;1-2/h7-10,12-14H,4-6,11H2,1-3H3;1-2H3. The van der Waals surface area contributed by atoms with Gasteiger partial charge in [0.15, 0.2) is 5.69 Å². The summed E-state index contributed by atoms with van der Waals surface area (Å²) in [6.45, 7) is 10.6. The van der Waals surface area contributed by atoms with Crippen LogP contribution in [0.4, 0.5) is 23.2 Å². The average Bonchev–Trinajstić information content (AvgIpc) is 3.62. The van der Waals surface area contributed by atoms with Crippen molar-refractivity contribution in [3.8, 4) is 22.8 Å². The largest absolute Gasteiger partial charge is 0.434 e. The molecule has 3 aromatic heterocycles. The first-order valence-corrected chi connectivity index (χ1v) is 13.3.